The third kappa shape index (κ3) is 3.76. The molecule has 4 heterocycles. The average Bonchev–Trinajstić information content (AvgIpc) is 3.23. The smallest absolute Gasteiger partial charge is 0.225 e. The first-order chi connectivity index (χ1) is 12.8. The van der Waals surface area contributed by atoms with Crippen molar-refractivity contribution in [2.45, 2.75) is 25.5 Å². The normalized spacial score (nSPS) is 21.1. The fourth-order valence-corrected chi connectivity index (χ4v) is 3.56. The van der Waals surface area contributed by atoms with Gasteiger partial charge in [0.2, 0.25) is 5.95 Å². The molecule has 1 atom stereocenters. The van der Waals surface area contributed by atoms with Crippen molar-refractivity contribution in [3.05, 3.63) is 36.0 Å². The Kier molecular flexibility index (Phi) is 5.21. The number of rotatable bonds is 5. The van der Waals surface area contributed by atoms with Crippen molar-refractivity contribution in [1.29, 1.82) is 0 Å². The highest BCUT2D eigenvalue weighted by molar-refractivity contribution is 5.40. The molecule has 1 unspecified atom stereocenters. The Morgan fingerprint density at radius 1 is 1.12 bits per heavy atom. The van der Waals surface area contributed by atoms with Gasteiger partial charge in [-0.15, -0.1) is 0 Å². The fraction of sp³-hybridized carbons (Fsp3) is 0.556. The summed E-state index contributed by atoms with van der Waals surface area (Å²) in [6.45, 7) is 5.24. The number of nitrogens with zero attached hydrogens (tertiary/aromatic N) is 6. The van der Waals surface area contributed by atoms with Crippen LogP contribution in [0.25, 0.3) is 0 Å². The second kappa shape index (κ2) is 7.92. The molecule has 0 aliphatic carbocycles. The molecule has 0 saturated carbocycles. The minimum atomic E-state index is -0.0835. The predicted octanol–water partition coefficient (Wildman–Crippen LogP) is 1.48. The van der Waals surface area contributed by atoms with E-state index in [-0.39, 0.29) is 6.10 Å². The molecule has 26 heavy (non-hydrogen) atoms. The Morgan fingerprint density at radius 3 is 2.81 bits per heavy atom. The minimum Gasteiger partial charge on any atom is -0.372 e. The molecule has 2 aromatic rings. The highest BCUT2D eigenvalue weighted by atomic mass is 16.5. The molecule has 8 heteroatoms. The quantitative estimate of drug-likeness (QED) is 0.864. The highest BCUT2D eigenvalue weighted by Crippen LogP contribution is 2.25. The summed E-state index contributed by atoms with van der Waals surface area (Å²) >= 11 is 0. The second-order valence-electron chi connectivity index (χ2n) is 6.68. The third-order valence-corrected chi connectivity index (χ3v) is 4.89. The number of nitrogens with one attached hydrogen (secondary N) is 1. The van der Waals surface area contributed by atoms with E-state index in [0.29, 0.717) is 6.61 Å². The van der Waals surface area contributed by atoms with Crippen LogP contribution in [0.15, 0.2) is 24.7 Å². The maximum absolute atomic E-state index is 5.95. The summed E-state index contributed by atoms with van der Waals surface area (Å²) in [4.78, 5) is 22.7. The predicted molar refractivity (Wildman–Crippen MR) is 99.0 cm³/mol. The lowest BCUT2D eigenvalue weighted by Gasteiger charge is -2.32. The van der Waals surface area contributed by atoms with E-state index in [1.54, 1.807) is 12.4 Å². The van der Waals surface area contributed by atoms with Crippen LogP contribution in [-0.4, -0.2) is 64.7 Å². The van der Waals surface area contributed by atoms with Crippen LogP contribution in [-0.2, 0) is 11.3 Å². The van der Waals surface area contributed by atoms with Gasteiger partial charge in [0.1, 0.15) is 17.6 Å². The van der Waals surface area contributed by atoms with Crippen molar-refractivity contribution in [1.82, 2.24) is 24.8 Å². The van der Waals surface area contributed by atoms with Gasteiger partial charge in [-0.1, -0.05) is 0 Å². The van der Waals surface area contributed by atoms with Gasteiger partial charge >= 0.3 is 0 Å². The molecule has 138 valence electrons. The van der Waals surface area contributed by atoms with Gasteiger partial charge in [-0.2, -0.15) is 0 Å². The summed E-state index contributed by atoms with van der Waals surface area (Å²) in [6.07, 6.45) is 7.65. The number of morpholine rings is 1. The van der Waals surface area contributed by atoms with Crippen LogP contribution in [0.3, 0.4) is 0 Å². The summed E-state index contributed by atoms with van der Waals surface area (Å²) in [5.41, 5.74) is 1.91. The van der Waals surface area contributed by atoms with E-state index in [4.69, 9.17) is 9.72 Å². The zero-order valence-corrected chi connectivity index (χ0v) is 15.1. The SMILES string of the molecule is CNc1nccnc1C1CN(Cc2ccnc(N3CCCC3)n2)CCO1. The molecule has 0 amide bonds. The Labute approximate surface area is 153 Å². The Balaban J connectivity index is 1.44. The van der Waals surface area contributed by atoms with Gasteiger partial charge in [0, 0.05) is 58.4 Å². The molecule has 0 spiro atoms. The summed E-state index contributed by atoms with van der Waals surface area (Å²) in [5.74, 6) is 1.63. The van der Waals surface area contributed by atoms with Gasteiger partial charge in [0.05, 0.1) is 12.3 Å². The molecule has 1 N–H and O–H groups in total. The Hall–Kier alpha value is -2.32. The highest BCUT2D eigenvalue weighted by Gasteiger charge is 2.26. The first-order valence-electron chi connectivity index (χ1n) is 9.23. The Morgan fingerprint density at radius 2 is 1.96 bits per heavy atom. The zero-order chi connectivity index (χ0) is 17.8. The van der Waals surface area contributed by atoms with Crippen LogP contribution in [0.5, 0.6) is 0 Å². The van der Waals surface area contributed by atoms with E-state index < -0.39 is 0 Å². The van der Waals surface area contributed by atoms with Crippen molar-refractivity contribution in [3.8, 4) is 0 Å². The summed E-state index contributed by atoms with van der Waals surface area (Å²) in [5, 5.41) is 3.10. The van der Waals surface area contributed by atoms with Gasteiger partial charge in [-0.3, -0.25) is 9.88 Å². The van der Waals surface area contributed by atoms with E-state index in [0.717, 1.165) is 55.9 Å². The van der Waals surface area contributed by atoms with E-state index in [1.807, 2.05) is 19.3 Å². The largest absolute Gasteiger partial charge is 0.372 e. The fourth-order valence-electron chi connectivity index (χ4n) is 3.56. The topological polar surface area (TPSA) is 79.3 Å². The number of hydrogen-bond acceptors (Lipinski definition) is 8. The molecule has 2 aromatic heterocycles. The summed E-state index contributed by atoms with van der Waals surface area (Å²) in [7, 11) is 1.86. The van der Waals surface area contributed by atoms with Gasteiger partial charge < -0.3 is 15.0 Å². The molecule has 4 rings (SSSR count). The maximum Gasteiger partial charge on any atom is 0.225 e. The first-order valence-corrected chi connectivity index (χ1v) is 9.23. The Bertz CT molecular complexity index is 735. The lowest BCUT2D eigenvalue weighted by Crippen LogP contribution is -2.38. The lowest BCUT2D eigenvalue weighted by atomic mass is 10.2. The first kappa shape index (κ1) is 17.1. The van der Waals surface area contributed by atoms with Gasteiger partial charge in [-0.05, 0) is 18.9 Å². The summed E-state index contributed by atoms with van der Waals surface area (Å²) < 4.78 is 5.95. The maximum atomic E-state index is 5.95. The van der Waals surface area contributed by atoms with Gasteiger partial charge in [0.25, 0.3) is 0 Å². The van der Waals surface area contributed by atoms with E-state index in [1.165, 1.54) is 12.8 Å². The van der Waals surface area contributed by atoms with Crippen LogP contribution in [0.4, 0.5) is 11.8 Å². The number of aromatic nitrogens is 4. The molecule has 0 radical (unpaired) electrons. The average molecular weight is 355 g/mol. The molecular weight excluding hydrogens is 330 g/mol. The van der Waals surface area contributed by atoms with Crippen molar-refractivity contribution < 1.29 is 4.74 Å². The standard InChI is InChI=1S/C18H25N7O/c1-19-17-16(20-6-7-21-17)15-13-24(10-11-26-15)12-14-4-5-22-18(23-14)25-8-2-3-9-25/h4-7,15H,2-3,8-13H2,1H3,(H,19,21). The molecule has 8 nitrogen and oxygen atoms in total. The van der Waals surface area contributed by atoms with Crippen LogP contribution in [0.2, 0.25) is 0 Å². The molecular formula is C18H25N7O. The molecule has 2 aliphatic rings. The van der Waals surface area contributed by atoms with Crippen LogP contribution >= 0.6 is 0 Å². The van der Waals surface area contributed by atoms with Gasteiger partial charge in [-0.25, -0.2) is 15.0 Å². The lowest BCUT2D eigenvalue weighted by molar-refractivity contribution is -0.0351. The number of hydrogen-bond donors (Lipinski definition) is 1. The molecule has 0 bridgehead atoms. The molecule has 2 aliphatic heterocycles. The van der Waals surface area contributed by atoms with Crippen molar-refractivity contribution >= 4 is 11.8 Å². The van der Waals surface area contributed by atoms with Crippen LogP contribution in [0, 0.1) is 0 Å². The van der Waals surface area contributed by atoms with E-state index in [2.05, 4.69) is 30.1 Å². The van der Waals surface area contributed by atoms with Crippen molar-refractivity contribution in [2.24, 2.45) is 0 Å². The molecule has 2 saturated heterocycles. The number of ether oxygens (including phenoxy) is 1. The van der Waals surface area contributed by atoms with Gasteiger partial charge in [0.15, 0.2) is 0 Å². The minimum absolute atomic E-state index is 0.0835. The van der Waals surface area contributed by atoms with Crippen LogP contribution in [0.1, 0.15) is 30.3 Å². The van der Waals surface area contributed by atoms with Crippen molar-refractivity contribution in [3.63, 3.8) is 0 Å². The van der Waals surface area contributed by atoms with Crippen molar-refractivity contribution in [2.75, 3.05) is 50.1 Å². The second-order valence-corrected chi connectivity index (χ2v) is 6.68. The zero-order valence-electron chi connectivity index (χ0n) is 15.1. The molecule has 0 aromatic carbocycles. The number of anilines is 2. The third-order valence-electron chi connectivity index (χ3n) is 4.89. The van der Waals surface area contributed by atoms with E-state index >= 15 is 0 Å². The summed E-state index contributed by atoms with van der Waals surface area (Å²) in [6, 6.07) is 2.01. The van der Waals surface area contributed by atoms with Crippen LogP contribution < -0.4 is 10.2 Å². The van der Waals surface area contributed by atoms with E-state index in [9.17, 15) is 0 Å². The monoisotopic (exact) mass is 355 g/mol. The molecule has 2 fully saturated rings.